The first-order valence-electron chi connectivity index (χ1n) is 3.56. The van der Waals surface area contributed by atoms with Crippen molar-refractivity contribution in [1.29, 1.82) is 0 Å². The fourth-order valence-electron chi connectivity index (χ4n) is 0.765. The van der Waals surface area contributed by atoms with Crippen LogP contribution in [0.25, 0.3) is 0 Å². The summed E-state index contributed by atoms with van der Waals surface area (Å²) in [6.45, 7) is 1.93. The van der Waals surface area contributed by atoms with E-state index in [2.05, 4.69) is 29.5 Å². The minimum Gasteiger partial charge on any atom is -0.397 e. The molecule has 0 aliphatic carbocycles. The Morgan fingerprint density at radius 2 is 2.42 bits per heavy atom. The van der Waals surface area contributed by atoms with Gasteiger partial charge in [0.15, 0.2) is 0 Å². The van der Waals surface area contributed by atoms with Gasteiger partial charge in [-0.2, -0.15) is 12.6 Å². The third kappa shape index (κ3) is 2.18. The van der Waals surface area contributed by atoms with Gasteiger partial charge >= 0.3 is 0 Å². The molecule has 12 heavy (non-hydrogen) atoms. The van der Waals surface area contributed by atoms with E-state index in [-0.39, 0.29) is 0 Å². The first-order chi connectivity index (χ1) is 5.74. The van der Waals surface area contributed by atoms with Crippen LogP contribution in [0.5, 0.6) is 0 Å². The van der Waals surface area contributed by atoms with Crippen LogP contribution in [0.15, 0.2) is 12.3 Å². The molecule has 0 unspecified atom stereocenters. The largest absolute Gasteiger partial charge is 0.397 e. The highest BCUT2D eigenvalue weighted by atomic mass is 32.1. The number of nitrogen functional groups attached to an aromatic ring is 1. The zero-order valence-electron chi connectivity index (χ0n) is 6.83. The van der Waals surface area contributed by atoms with E-state index in [1.807, 2.05) is 13.0 Å². The summed E-state index contributed by atoms with van der Waals surface area (Å²) in [5.74, 6) is 6.24. The summed E-state index contributed by atoms with van der Waals surface area (Å²) >= 11 is 3.97. The summed E-state index contributed by atoms with van der Waals surface area (Å²) in [4.78, 5) is 4.04. The molecule has 62 valence electrons. The van der Waals surface area contributed by atoms with Crippen LogP contribution in [0.3, 0.4) is 0 Å². The summed E-state index contributed by atoms with van der Waals surface area (Å²) < 4.78 is 0. The highest BCUT2D eigenvalue weighted by Crippen LogP contribution is 2.08. The van der Waals surface area contributed by atoms with Crippen molar-refractivity contribution >= 4 is 18.3 Å². The quantitative estimate of drug-likeness (QED) is 0.463. The van der Waals surface area contributed by atoms with E-state index < -0.39 is 0 Å². The first kappa shape index (κ1) is 8.95. The van der Waals surface area contributed by atoms with Crippen LogP contribution in [0.1, 0.15) is 11.3 Å². The molecule has 0 amide bonds. The molecular formula is C9H10N2S. The van der Waals surface area contributed by atoms with Crippen molar-refractivity contribution in [3.8, 4) is 11.8 Å². The first-order valence-corrected chi connectivity index (χ1v) is 4.19. The normalized spacial score (nSPS) is 8.83. The monoisotopic (exact) mass is 178 g/mol. The number of thiol groups is 1. The summed E-state index contributed by atoms with van der Waals surface area (Å²) in [6, 6.07) is 1.87. The van der Waals surface area contributed by atoms with Crippen molar-refractivity contribution in [2.75, 3.05) is 11.5 Å². The molecule has 1 heterocycles. The van der Waals surface area contributed by atoms with Crippen molar-refractivity contribution in [1.82, 2.24) is 4.98 Å². The molecule has 2 N–H and O–H groups in total. The number of nitrogens with zero attached hydrogens (tertiary/aromatic N) is 1. The third-order valence-corrected chi connectivity index (χ3v) is 1.60. The number of aryl methyl sites for hydroxylation is 1. The fourth-order valence-corrected chi connectivity index (χ4v) is 0.844. The van der Waals surface area contributed by atoms with Crippen LogP contribution in [0.2, 0.25) is 0 Å². The molecule has 0 aromatic carbocycles. The zero-order valence-corrected chi connectivity index (χ0v) is 7.73. The van der Waals surface area contributed by atoms with E-state index in [0.29, 0.717) is 11.4 Å². The predicted molar refractivity (Wildman–Crippen MR) is 54.1 cm³/mol. The summed E-state index contributed by atoms with van der Waals surface area (Å²) in [5, 5.41) is 0. The minimum atomic E-state index is 0.547. The van der Waals surface area contributed by atoms with Crippen LogP contribution < -0.4 is 5.73 Å². The Balaban J connectivity index is 2.97. The Bertz CT molecular complexity index is 336. The smallest absolute Gasteiger partial charge is 0.113 e. The average molecular weight is 178 g/mol. The van der Waals surface area contributed by atoms with E-state index >= 15 is 0 Å². The lowest BCUT2D eigenvalue weighted by Gasteiger charge is -1.97. The van der Waals surface area contributed by atoms with Gasteiger partial charge in [0.25, 0.3) is 0 Å². The number of nitrogens with two attached hydrogens (primary N) is 1. The Morgan fingerprint density at radius 1 is 1.67 bits per heavy atom. The molecule has 3 heteroatoms. The zero-order chi connectivity index (χ0) is 8.97. The van der Waals surface area contributed by atoms with Gasteiger partial charge in [0, 0.05) is 0 Å². The van der Waals surface area contributed by atoms with Gasteiger partial charge in [-0.1, -0.05) is 5.92 Å². The van der Waals surface area contributed by atoms with Gasteiger partial charge in [-0.05, 0) is 24.5 Å². The van der Waals surface area contributed by atoms with E-state index in [4.69, 9.17) is 5.73 Å². The lowest BCUT2D eigenvalue weighted by atomic mass is 10.2. The Morgan fingerprint density at radius 3 is 3.00 bits per heavy atom. The fraction of sp³-hybridized carbons (Fsp3) is 0.222. The number of pyridine rings is 1. The molecule has 0 aliphatic heterocycles. The molecule has 0 bridgehead atoms. The minimum absolute atomic E-state index is 0.547. The summed E-state index contributed by atoms with van der Waals surface area (Å²) in [7, 11) is 0. The Labute approximate surface area is 77.6 Å². The van der Waals surface area contributed by atoms with Crippen molar-refractivity contribution in [2.24, 2.45) is 0 Å². The molecule has 0 fully saturated rings. The van der Waals surface area contributed by atoms with E-state index in [1.165, 1.54) is 0 Å². The average Bonchev–Trinajstić information content (AvgIpc) is 2.07. The standard InChI is InChI=1S/C9H10N2S/c1-7-5-8(3-2-4-12)11-6-9(7)10/h5-6,12H,4,10H2,1H3. The van der Waals surface area contributed by atoms with E-state index in [1.54, 1.807) is 6.20 Å². The van der Waals surface area contributed by atoms with Crippen molar-refractivity contribution in [3.63, 3.8) is 0 Å². The number of hydrogen-bond acceptors (Lipinski definition) is 3. The van der Waals surface area contributed by atoms with Crippen LogP contribution in [-0.4, -0.2) is 10.7 Å². The van der Waals surface area contributed by atoms with Gasteiger partial charge in [0.1, 0.15) is 5.69 Å². The van der Waals surface area contributed by atoms with Crippen LogP contribution in [-0.2, 0) is 0 Å². The maximum Gasteiger partial charge on any atom is 0.113 e. The van der Waals surface area contributed by atoms with Gasteiger partial charge < -0.3 is 5.73 Å². The molecule has 0 saturated heterocycles. The number of rotatable bonds is 0. The second-order valence-electron chi connectivity index (χ2n) is 2.39. The molecule has 1 aromatic rings. The molecule has 0 saturated carbocycles. The number of hydrogen-bond donors (Lipinski definition) is 2. The Hall–Kier alpha value is -1.14. The van der Waals surface area contributed by atoms with Gasteiger partial charge in [-0.25, -0.2) is 4.98 Å². The molecule has 0 radical (unpaired) electrons. The van der Waals surface area contributed by atoms with E-state index in [9.17, 15) is 0 Å². The van der Waals surface area contributed by atoms with Gasteiger partial charge in [0.05, 0.1) is 17.6 Å². The van der Waals surface area contributed by atoms with Crippen LogP contribution in [0.4, 0.5) is 5.69 Å². The molecule has 1 rings (SSSR count). The second kappa shape index (κ2) is 4.03. The maximum atomic E-state index is 5.59. The van der Waals surface area contributed by atoms with E-state index in [0.717, 1.165) is 11.3 Å². The van der Waals surface area contributed by atoms with Gasteiger partial charge in [0.2, 0.25) is 0 Å². The van der Waals surface area contributed by atoms with Crippen LogP contribution >= 0.6 is 12.6 Å². The molecule has 0 aliphatic rings. The maximum absolute atomic E-state index is 5.59. The van der Waals surface area contributed by atoms with Crippen molar-refractivity contribution in [3.05, 3.63) is 23.5 Å². The highest BCUT2D eigenvalue weighted by Gasteiger charge is 1.93. The summed E-state index contributed by atoms with van der Waals surface area (Å²) in [6.07, 6.45) is 1.62. The number of anilines is 1. The molecular weight excluding hydrogens is 168 g/mol. The third-order valence-electron chi connectivity index (χ3n) is 1.45. The topological polar surface area (TPSA) is 38.9 Å². The molecule has 0 atom stereocenters. The molecule has 0 spiro atoms. The van der Waals surface area contributed by atoms with Crippen LogP contribution in [0, 0.1) is 18.8 Å². The lowest BCUT2D eigenvalue weighted by molar-refractivity contribution is 1.26. The summed E-state index contributed by atoms with van der Waals surface area (Å²) in [5.41, 5.74) is 8.05. The lowest BCUT2D eigenvalue weighted by Crippen LogP contribution is -1.92. The predicted octanol–water partition coefficient (Wildman–Crippen LogP) is 1.25. The van der Waals surface area contributed by atoms with Crippen molar-refractivity contribution < 1.29 is 0 Å². The Kier molecular flexibility index (Phi) is 3.01. The second-order valence-corrected chi connectivity index (χ2v) is 2.70. The SMILES string of the molecule is Cc1cc(C#CCS)ncc1N. The molecule has 1 aromatic heterocycles. The molecule has 2 nitrogen and oxygen atoms in total. The van der Waals surface area contributed by atoms with Crippen molar-refractivity contribution in [2.45, 2.75) is 6.92 Å². The van der Waals surface area contributed by atoms with Gasteiger partial charge in [-0.3, -0.25) is 0 Å². The highest BCUT2D eigenvalue weighted by molar-refractivity contribution is 7.80. The number of aromatic nitrogens is 1. The van der Waals surface area contributed by atoms with Gasteiger partial charge in [-0.15, -0.1) is 0 Å².